The molecule has 1 heterocycles. The number of methoxy groups -OCH3 is 1. The van der Waals surface area contributed by atoms with Crippen LogP contribution < -0.4 is 10.1 Å². The Bertz CT molecular complexity index is 404. The minimum absolute atomic E-state index is 0.480. The molecule has 108 valence electrons. The average molecular weight is 264 g/mol. The van der Waals surface area contributed by atoms with Crippen molar-refractivity contribution in [2.24, 2.45) is 5.92 Å². The van der Waals surface area contributed by atoms with E-state index in [0.717, 1.165) is 30.0 Å². The van der Waals surface area contributed by atoms with Gasteiger partial charge in [0.2, 0.25) is 0 Å². The SMILES string of the molecule is CCNC(Cc1ncc(C)c(OC)c1C)C(C)CC. The van der Waals surface area contributed by atoms with Gasteiger partial charge in [-0.1, -0.05) is 27.2 Å². The molecule has 2 atom stereocenters. The number of hydrogen-bond acceptors (Lipinski definition) is 3. The van der Waals surface area contributed by atoms with Crippen molar-refractivity contribution in [2.45, 2.75) is 53.5 Å². The lowest BCUT2D eigenvalue weighted by molar-refractivity contribution is 0.366. The lowest BCUT2D eigenvalue weighted by atomic mass is 9.93. The number of nitrogens with one attached hydrogen (secondary N) is 1. The van der Waals surface area contributed by atoms with Gasteiger partial charge >= 0.3 is 0 Å². The molecule has 1 aromatic heterocycles. The fraction of sp³-hybridized carbons (Fsp3) is 0.688. The zero-order chi connectivity index (χ0) is 14.4. The topological polar surface area (TPSA) is 34.2 Å². The van der Waals surface area contributed by atoms with Gasteiger partial charge in [-0.15, -0.1) is 0 Å². The maximum absolute atomic E-state index is 5.48. The van der Waals surface area contributed by atoms with Crippen LogP contribution in [0, 0.1) is 19.8 Å². The minimum atomic E-state index is 0.480. The molecule has 0 aliphatic heterocycles. The molecule has 3 heteroatoms. The van der Waals surface area contributed by atoms with E-state index in [4.69, 9.17) is 4.74 Å². The fourth-order valence-electron chi connectivity index (χ4n) is 2.51. The summed E-state index contributed by atoms with van der Waals surface area (Å²) in [6, 6.07) is 0.480. The van der Waals surface area contributed by atoms with Crippen LogP contribution in [0.5, 0.6) is 5.75 Å². The second kappa shape index (κ2) is 7.49. The third-order valence-corrected chi connectivity index (χ3v) is 3.96. The molecule has 19 heavy (non-hydrogen) atoms. The van der Waals surface area contributed by atoms with Crippen molar-refractivity contribution in [3.05, 3.63) is 23.0 Å². The van der Waals surface area contributed by atoms with Gasteiger partial charge in [0.1, 0.15) is 5.75 Å². The highest BCUT2D eigenvalue weighted by atomic mass is 16.5. The number of hydrogen-bond donors (Lipinski definition) is 1. The largest absolute Gasteiger partial charge is 0.496 e. The van der Waals surface area contributed by atoms with Gasteiger partial charge in [0.15, 0.2) is 0 Å². The molecule has 2 unspecified atom stereocenters. The highest BCUT2D eigenvalue weighted by molar-refractivity contribution is 5.41. The Morgan fingerprint density at radius 1 is 1.32 bits per heavy atom. The fourth-order valence-corrected chi connectivity index (χ4v) is 2.51. The maximum atomic E-state index is 5.48. The summed E-state index contributed by atoms with van der Waals surface area (Å²) in [6.45, 7) is 11.8. The van der Waals surface area contributed by atoms with Crippen LogP contribution in [0.15, 0.2) is 6.20 Å². The normalized spacial score (nSPS) is 14.2. The van der Waals surface area contributed by atoms with E-state index in [1.165, 1.54) is 12.0 Å². The number of pyridine rings is 1. The molecule has 0 spiro atoms. The predicted molar refractivity (Wildman–Crippen MR) is 80.9 cm³/mol. The second-order valence-electron chi connectivity index (χ2n) is 5.30. The van der Waals surface area contributed by atoms with Crippen molar-refractivity contribution < 1.29 is 4.74 Å². The predicted octanol–water partition coefficient (Wildman–Crippen LogP) is 3.27. The summed E-state index contributed by atoms with van der Waals surface area (Å²) >= 11 is 0. The lowest BCUT2D eigenvalue weighted by Crippen LogP contribution is -2.37. The molecule has 0 saturated carbocycles. The molecule has 0 amide bonds. The standard InChI is InChI=1S/C16H28N2O/c1-7-11(3)14(17-8-2)9-15-13(5)16(19-6)12(4)10-18-15/h10-11,14,17H,7-9H2,1-6H3. The van der Waals surface area contributed by atoms with E-state index < -0.39 is 0 Å². The van der Waals surface area contributed by atoms with Crippen LogP contribution in [0.2, 0.25) is 0 Å². The molecule has 0 aliphatic carbocycles. The molecule has 1 rings (SSSR count). The van der Waals surface area contributed by atoms with Gasteiger partial charge in [-0.2, -0.15) is 0 Å². The monoisotopic (exact) mass is 264 g/mol. The van der Waals surface area contributed by atoms with Crippen molar-refractivity contribution >= 4 is 0 Å². The van der Waals surface area contributed by atoms with Gasteiger partial charge in [-0.05, 0) is 26.3 Å². The number of likely N-dealkylation sites (N-methyl/N-ethyl adjacent to an activating group) is 1. The van der Waals surface area contributed by atoms with E-state index in [0.29, 0.717) is 12.0 Å². The third-order valence-electron chi connectivity index (χ3n) is 3.96. The Labute approximate surface area is 117 Å². The number of ether oxygens (including phenoxy) is 1. The first kappa shape index (κ1) is 16.0. The first-order chi connectivity index (χ1) is 9.04. The van der Waals surface area contributed by atoms with E-state index in [-0.39, 0.29) is 0 Å². The molecular weight excluding hydrogens is 236 g/mol. The summed E-state index contributed by atoms with van der Waals surface area (Å²) in [7, 11) is 1.73. The quantitative estimate of drug-likeness (QED) is 0.820. The van der Waals surface area contributed by atoms with Crippen molar-refractivity contribution in [3.63, 3.8) is 0 Å². The van der Waals surface area contributed by atoms with Crippen LogP contribution in [-0.4, -0.2) is 24.7 Å². The zero-order valence-electron chi connectivity index (χ0n) is 13.2. The molecule has 0 aromatic carbocycles. The summed E-state index contributed by atoms with van der Waals surface area (Å²) in [5, 5.41) is 3.58. The molecule has 0 aliphatic rings. The minimum Gasteiger partial charge on any atom is -0.496 e. The summed E-state index contributed by atoms with van der Waals surface area (Å²) < 4.78 is 5.48. The Kier molecular flexibility index (Phi) is 6.29. The second-order valence-corrected chi connectivity index (χ2v) is 5.30. The van der Waals surface area contributed by atoms with E-state index in [1.807, 2.05) is 13.1 Å². The van der Waals surface area contributed by atoms with Crippen LogP contribution in [0.3, 0.4) is 0 Å². The lowest BCUT2D eigenvalue weighted by Gasteiger charge is -2.24. The smallest absolute Gasteiger partial charge is 0.128 e. The first-order valence-corrected chi connectivity index (χ1v) is 7.27. The molecular formula is C16H28N2O. The van der Waals surface area contributed by atoms with Gasteiger partial charge < -0.3 is 10.1 Å². The van der Waals surface area contributed by atoms with Gasteiger partial charge in [0.05, 0.1) is 7.11 Å². The summed E-state index contributed by atoms with van der Waals surface area (Å²) in [5.74, 6) is 1.62. The Hall–Kier alpha value is -1.09. The van der Waals surface area contributed by atoms with E-state index in [1.54, 1.807) is 7.11 Å². The number of rotatable bonds is 7. The van der Waals surface area contributed by atoms with E-state index in [9.17, 15) is 0 Å². The summed E-state index contributed by atoms with van der Waals surface area (Å²) in [4.78, 5) is 4.61. The van der Waals surface area contributed by atoms with Crippen molar-refractivity contribution in [3.8, 4) is 5.75 Å². The first-order valence-electron chi connectivity index (χ1n) is 7.27. The maximum Gasteiger partial charge on any atom is 0.128 e. The molecule has 0 fully saturated rings. The molecule has 1 N–H and O–H groups in total. The highest BCUT2D eigenvalue weighted by Crippen LogP contribution is 2.25. The van der Waals surface area contributed by atoms with E-state index in [2.05, 4.69) is 38.0 Å². The zero-order valence-corrected chi connectivity index (χ0v) is 13.2. The van der Waals surface area contributed by atoms with Crippen LogP contribution in [-0.2, 0) is 6.42 Å². The number of aromatic nitrogens is 1. The van der Waals surface area contributed by atoms with Crippen molar-refractivity contribution in [2.75, 3.05) is 13.7 Å². The Morgan fingerprint density at radius 3 is 2.53 bits per heavy atom. The van der Waals surface area contributed by atoms with Crippen LogP contribution in [0.1, 0.15) is 44.0 Å². The van der Waals surface area contributed by atoms with Crippen LogP contribution >= 0.6 is 0 Å². The summed E-state index contributed by atoms with van der Waals surface area (Å²) in [6.07, 6.45) is 4.06. The molecule has 3 nitrogen and oxygen atoms in total. The third kappa shape index (κ3) is 3.93. The molecule has 1 aromatic rings. The van der Waals surface area contributed by atoms with Gasteiger partial charge in [-0.25, -0.2) is 0 Å². The molecule has 0 radical (unpaired) electrons. The van der Waals surface area contributed by atoms with E-state index >= 15 is 0 Å². The Morgan fingerprint density at radius 2 is 2.00 bits per heavy atom. The van der Waals surface area contributed by atoms with Crippen LogP contribution in [0.4, 0.5) is 0 Å². The van der Waals surface area contributed by atoms with Crippen molar-refractivity contribution in [1.29, 1.82) is 0 Å². The summed E-state index contributed by atoms with van der Waals surface area (Å²) in [5.41, 5.74) is 3.43. The van der Waals surface area contributed by atoms with Crippen molar-refractivity contribution in [1.82, 2.24) is 10.3 Å². The molecule has 0 bridgehead atoms. The molecule has 0 saturated heterocycles. The van der Waals surface area contributed by atoms with Gasteiger partial charge in [0, 0.05) is 35.5 Å². The average Bonchev–Trinajstić information content (AvgIpc) is 2.40. The van der Waals surface area contributed by atoms with Crippen LogP contribution in [0.25, 0.3) is 0 Å². The number of aryl methyl sites for hydroxylation is 1. The Balaban J connectivity index is 2.96. The highest BCUT2D eigenvalue weighted by Gasteiger charge is 2.18. The van der Waals surface area contributed by atoms with Gasteiger partial charge in [-0.3, -0.25) is 4.98 Å². The number of nitrogens with zero attached hydrogens (tertiary/aromatic N) is 1. The van der Waals surface area contributed by atoms with Gasteiger partial charge in [0.25, 0.3) is 0 Å².